The number of rotatable bonds is 5. The number of allylic oxidation sites excluding steroid dienone is 2. The van der Waals surface area contributed by atoms with E-state index in [0.29, 0.717) is 7.25 Å². The second kappa shape index (κ2) is 13.2. The molecule has 0 nitrogen and oxygen atoms in total. The molecule has 53 heavy (non-hydrogen) atoms. The fourth-order valence-corrected chi connectivity index (χ4v) is 33.4. The van der Waals surface area contributed by atoms with Crippen LogP contribution >= 0.6 is 0 Å². The Bertz CT molecular complexity index is 2720. The van der Waals surface area contributed by atoms with Gasteiger partial charge >= 0.3 is 323 Å². The molecule has 0 radical (unpaired) electrons. The average molecular weight is 772 g/mol. The van der Waals surface area contributed by atoms with Gasteiger partial charge in [-0.05, 0) is 0 Å². The second-order valence-corrected chi connectivity index (χ2v) is 29.2. The van der Waals surface area contributed by atoms with Crippen molar-refractivity contribution in [3.63, 3.8) is 0 Å². The van der Waals surface area contributed by atoms with Gasteiger partial charge in [0.2, 0.25) is 0 Å². The van der Waals surface area contributed by atoms with Gasteiger partial charge in [0.1, 0.15) is 0 Å². The van der Waals surface area contributed by atoms with Crippen molar-refractivity contribution in [1.82, 2.24) is 0 Å². The zero-order valence-corrected chi connectivity index (χ0v) is 33.9. The Kier molecular flexibility index (Phi) is 8.16. The van der Waals surface area contributed by atoms with Gasteiger partial charge in [0.15, 0.2) is 0 Å². The predicted molar refractivity (Wildman–Crippen MR) is 224 cm³/mol. The molecule has 1 unspecified atom stereocenters. The van der Waals surface area contributed by atoms with E-state index in [1.165, 1.54) is 66.1 Å². The third kappa shape index (κ3) is 5.41. The molecule has 8 aromatic carbocycles. The van der Waals surface area contributed by atoms with Gasteiger partial charge in [-0.1, -0.05) is 0 Å². The molecule has 0 saturated carbocycles. The monoisotopic (exact) mass is 770 g/mol. The fraction of sp³-hybridized carbons (Fsp3) is 0.0980. The summed E-state index contributed by atoms with van der Waals surface area (Å²) in [7, 11) is 0. The molecule has 2 aliphatic rings. The van der Waals surface area contributed by atoms with E-state index in [1.807, 2.05) is 0 Å². The number of aryl methyl sites for hydroxylation is 2. The number of benzene rings is 8. The molecule has 2 heteroatoms. The molecule has 0 bridgehead atoms. The molecule has 0 aromatic heterocycles. The Morgan fingerprint density at radius 2 is 1.00 bits per heavy atom. The van der Waals surface area contributed by atoms with Crippen LogP contribution in [0.15, 0.2) is 176 Å². The van der Waals surface area contributed by atoms with E-state index in [2.05, 4.69) is 197 Å². The Morgan fingerprint density at radius 1 is 0.434 bits per heavy atom. The van der Waals surface area contributed by atoms with Crippen molar-refractivity contribution in [2.24, 2.45) is 0 Å². The number of hydrogen-bond acceptors (Lipinski definition) is 0. The summed E-state index contributed by atoms with van der Waals surface area (Å²) in [6, 6.07) is 65.5. The van der Waals surface area contributed by atoms with Gasteiger partial charge in [-0.2, -0.15) is 0 Å². The van der Waals surface area contributed by atoms with E-state index in [-0.39, 0.29) is 0 Å². The Morgan fingerprint density at radius 3 is 1.64 bits per heavy atom. The summed E-state index contributed by atoms with van der Waals surface area (Å²) in [5.41, 5.74) is 14.8. The van der Waals surface area contributed by atoms with Crippen LogP contribution in [-0.2, 0) is 20.4 Å². The van der Waals surface area contributed by atoms with Gasteiger partial charge in [-0.25, -0.2) is 0 Å². The summed E-state index contributed by atoms with van der Waals surface area (Å²) in [4.78, 5) is 0. The van der Waals surface area contributed by atoms with Crippen molar-refractivity contribution in [3.8, 4) is 22.3 Å². The molecule has 252 valence electrons. The second-order valence-electron chi connectivity index (χ2n) is 15.0. The number of fused-ring (bicyclic) bond motifs is 7. The Balaban J connectivity index is 1.30. The van der Waals surface area contributed by atoms with Crippen molar-refractivity contribution in [3.05, 3.63) is 209 Å². The molecule has 0 spiro atoms. The summed E-state index contributed by atoms with van der Waals surface area (Å²) in [6.07, 6.45) is 2.74. The molecule has 10 rings (SSSR count). The van der Waals surface area contributed by atoms with Crippen LogP contribution in [0.2, 0.25) is 0 Å². The Labute approximate surface area is 320 Å². The first kappa shape index (κ1) is 32.7. The molecule has 0 aliphatic heterocycles. The molecule has 1 atom stereocenters. The average Bonchev–Trinajstić information content (AvgIpc) is 3.70. The molecule has 0 saturated heterocycles. The maximum absolute atomic E-state index is 2.79. The van der Waals surface area contributed by atoms with E-state index < -0.39 is 25.8 Å². The van der Waals surface area contributed by atoms with Gasteiger partial charge in [-0.3, -0.25) is 0 Å². The first-order valence-corrected chi connectivity index (χ1v) is 26.9. The molecule has 0 heterocycles. The summed E-state index contributed by atoms with van der Waals surface area (Å²) < 4.78 is 0.875. The van der Waals surface area contributed by atoms with Crippen LogP contribution in [0.25, 0.3) is 49.4 Å². The minimum absolute atomic E-state index is 0.429. The van der Waals surface area contributed by atoms with Gasteiger partial charge < -0.3 is 0 Å². The van der Waals surface area contributed by atoms with Crippen LogP contribution in [-0.4, -0.2) is 5.43 Å². The van der Waals surface area contributed by atoms with Crippen LogP contribution < -0.4 is 10.4 Å². The minimum atomic E-state index is -2.79. The van der Waals surface area contributed by atoms with E-state index in [4.69, 9.17) is 0 Å². The van der Waals surface area contributed by atoms with Crippen molar-refractivity contribution >= 4 is 42.9 Å². The standard InChI is InChI=1S/C24H17.C15H13.C12H10Si.Zr/c1-16-13-14-17-8-6-12-22(24(16)17)23-15-18-7-2-3-9-19(18)20-10-4-5-11-21(20)23;1-10-3-5-14-12(7-10)9-13-8-11(2)4-6-15(13)14;1-3-7-11(8-4-1)13-12-9-5-2-6-10-12;/h2-15H,1H3;3-9H,1-2H3;1-10H;. The van der Waals surface area contributed by atoms with Crippen LogP contribution in [0, 0.1) is 13.8 Å². The zero-order valence-electron chi connectivity index (χ0n) is 30.4. The fourth-order valence-electron chi connectivity index (χ4n) is 9.48. The SMILES string of the molecule is CC1=C[CH]([Zr]([CH]2c3cc(C)ccc3-c3ccc(C)cc32)=[Si](c2ccccc2)c2ccccc2)c2cccc(-c3cc4ccccc4c4ccccc34)c21. The predicted octanol–water partition coefficient (Wildman–Crippen LogP) is 11.9. The van der Waals surface area contributed by atoms with E-state index in [0.717, 1.165) is 0 Å². The first-order chi connectivity index (χ1) is 26.0. The molecular weight excluding hydrogens is 732 g/mol. The maximum atomic E-state index is 2.74. The first-order valence-electron chi connectivity index (χ1n) is 18.8. The summed E-state index contributed by atoms with van der Waals surface area (Å²) >= 11 is -2.79. The van der Waals surface area contributed by atoms with Crippen LogP contribution in [0.3, 0.4) is 0 Å². The van der Waals surface area contributed by atoms with Gasteiger partial charge in [0.05, 0.1) is 0 Å². The van der Waals surface area contributed by atoms with Gasteiger partial charge in [-0.15, -0.1) is 0 Å². The van der Waals surface area contributed by atoms with Crippen molar-refractivity contribution in [2.45, 2.75) is 28.0 Å². The van der Waals surface area contributed by atoms with Crippen molar-refractivity contribution in [2.75, 3.05) is 0 Å². The molecule has 0 amide bonds. The van der Waals surface area contributed by atoms with E-state index in [1.54, 1.807) is 27.1 Å². The summed E-state index contributed by atoms with van der Waals surface area (Å²) in [5, 5.41) is 8.40. The third-order valence-corrected chi connectivity index (χ3v) is 32.0. The van der Waals surface area contributed by atoms with E-state index >= 15 is 0 Å². The molecule has 0 fully saturated rings. The molecular formula is C51H40SiZr. The number of hydrogen-bond donors (Lipinski definition) is 0. The van der Waals surface area contributed by atoms with E-state index in [9.17, 15) is 0 Å². The quantitative estimate of drug-likeness (QED) is 0.121. The molecule has 2 aliphatic carbocycles. The summed E-state index contributed by atoms with van der Waals surface area (Å²) in [5.74, 6) is 0. The Hall–Kier alpha value is -4.88. The third-order valence-electron chi connectivity index (χ3n) is 11.7. The van der Waals surface area contributed by atoms with Crippen LogP contribution in [0.4, 0.5) is 0 Å². The topological polar surface area (TPSA) is 0 Å². The molecule has 0 N–H and O–H groups in total. The van der Waals surface area contributed by atoms with Gasteiger partial charge in [0.25, 0.3) is 0 Å². The van der Waals surface area contributed by atoms with Crippen molar-refractivity contribution < 1.29 is 20.4 Å². The summed E-state index contributed by atoms with van der Waals surface area (Å²) in [6.45, 7) is 6.96. The van der Waals surface area contributed by atoms with Gasteiger partial charge in [0, 0.05) is 0 Å². The van der Waals surface area contributed by atoms with Crippen LogP contribution in [0.1, 0.15) is 47.6 Å². The van der Waals surface area contributed by atoms with Crippen molar-refractivity contribution in [1.29, 1.82) is 0 Å². The van der Waals surface area contributed by atoms with Crippen LogP contribution in [0.5, 0.6) is 0 Å². The molecule has 8 aromatic rings. The zero-order chi connectivity index (χ0) is 35.6. The normalized spacial score (nSPS) is 14.5.